The zero-order valence-corrected chi connectivity index (χ0v) is 40.0. The molecule has 0 saturated heterocycles. The van der Waals surface area contributed by atoms with Crippen molar-refractivity contribution in [3.8, 4) is 50.2 Å². The largest absolute Gasteiger partial charge is 0.310 e. The van der Waals surface area contributed by atoms with Crippen molar-refractivity contribution < 1.29 is 0 Å². The molecule has 2 heteroatoms. The maximum absolute atomic E-state index is 2.54. The van der Waals surface area contributed by atoms with Crippen molar-refractivity contribution in [3.05, 3.63) is 240 Å². The lowest BCUT2D eigenvalue weighted by atomic mass is 9.81. The van der Waals surface area contributed by atoms with Gasteiger partial charge in [-0.15, -0.1) is 0 Å². The van der Waals surface area contributed by atoms with E-state index in [1.807, 2.05) is 0 Å². The maximum atomic E-state index is 2.54. The molecule has 0 saturated carbocycles. The fourth-order valence-electron chi connectivity index (χ4n) is 13.1. The smallest absolute Gasteiger partial charge is 0.0549 e. The molecule has 10 aromatic carbocycles. The van der Waals surface area contributed by atoms with E-state index in [1.165, 1.54) is 116 Å². The summed E-state index contributed by atoms with van der Waals surface area (Å²) >= 11 is 0. The number of para-hydroxylation sites is 2. The molecular formula is C67H52N2. The molecule has 3 aliphatic rings. The van der Waals surface area contributed by atoms with Crippen molar-refractivity contribution >= 4 is 49.6 Å². The molecule has 0 atom stereocenters. The van der Waals surface area contributed by atoms with E-state index < -0.39 is 0 Å². The van der Waals surface area contributed by atoms with E-state index in [0.717, 1.165) is 17.1 Å². The maximum Gasteiger partial charge on any atom is 0.0549 e. The van der Waals surface area contributed by atoms with Gasteiger partial charge in [-0.05, 0) is 132 Å². The molecule has 0 unspecified atom stereocenters. The minimum absolute atomic E-state index is 0.143. The Balaban J connectivity index is 1.02. The highest BCUT2D eigenvalue weighted by Crippen LogP contribution is 2.56. The summed E-state index contributed by atoms with van der Waals surface area (Å²) in [7, 11) is 0. The average molecular weight is 885 g/mol. The summed E-state index contributed by atoms with van der Waals surface area (Å²) in [6.07, 6.45) is 0. The van der Waals surface area contributed by atoms with Crippen LogP contribution in [-0.2, 0) is 16.2 Å². The van der Waals surface area contributed by atoms with Crippen LogP contribution in [0.1, 0.15) is 74.9 Å². The molecule has 0 radical (unpaired) electrons. The van der Waals surface area contributed by atoms with Crippen LogP contribution in [-0.4, -0.2) is 4.57 Å². The normalized spacial score (nSPS) is 15.2. The van der Waals surface area contributed by atoms with Crippen LogP contribution in [0.2, 0.25) is 0 Å². The standard InChI is InChI=1S/C67H52N2/c1-65(2)54-26-14-9-20-46(54)48-33-31-42(39-57(48)65)68(43-32-34-49-47-21-10-15-27-55(47)66(3,4)58(49)40-43)62-36-35-44(45-19-7-8-22-50(45)62)41-37-59-64(53-25-11-16-28-56(53)67(59,5)6)63(38-41)69-60-29-17-12-23-51(60)52-24-13-18-30-61(52)69/h7-40H,1-6H3. The van der Waals surface area contributed by atoms with Crippen LogP contribution in [0.4, 0.5) is 17.1 Å². The van der Waals surface area contributed by atoms with Crippen LogP contribution >= 0.6 is 0 Å². The van der Waals surface area contributed by atoms with E-state index >= 15 is 0 Å². The Morgan fingerprint density at radius 2 is 0.739 bits per heavy atom. The van der Waals surface area contributed by atoms with Gasteiger partial charge in [0.25, 0.3) is 0 Å². The predicted molar refractivity (Wildman–Crippen MR) is 291 cm³/mol. The van der Waals surface area contributed by atoms with Gasteiger partial charge in [0.2, 0.25) is 0 Å². The van der Waals surface area contributed by atoms with Crippen molar-refractivity contribution in [2.75, 3.05) is 4.90 Å². The van der Waals surface area contributed by atoms with E-state index in [9.17, 15) is 0 Å². The van der Waals surface area contributed by atoms with Crippen LogP contribution < -0.4 is 4.90 Å². The summed E-state index contributed by atoms with van der Waals surface area (Å²) in [4.78, 5) is 2.54. The first kappa shape index (κ1) is 40.2. The number of hydrogen-bond donors (Lipinski definition) is 0. The number of benzene rings is 10. The molecule has 0 bridgehead atoms. The Morgan fingerprint density at radius 1 is 0.319 bits per heavy atom. The van der Waals surface area contributed by atoms with E-state index in [4.69, 9.17) is 0 Å². The number of hydrogen-bond acceptors (Lipinski definition) is 1. The lowest BCUT2D eigenvalue weighted by molar-refractivity contribution is 0.660. The minimum Gasteiger partial charge on any atom is -0.310 e. The summed E-state index contributed by atoms with van der Waals surface area (Å²) in [6.45, 7) is 14.3. The van der Waals surface area contributed by atoms with Gasteiger partial charge < -0.3 is 9.47 Å². The first-order chi connectivity index (χ1) is 33.5. The molecule has 0 aliphatic heterocycles. The molecule has 2 nitrogen and oxygen atoms in total. The van der Waals surface area contributed by atoms with Crippen molar-refractivity contribution in [2.45, 2.75) is 57.8 Å². The topological polar surface area (TPSA) is 8.17 Å². The highest BCUT2D eigenvalue weighted by molar-refractivity contribution is 6.11. The van der Waals surface area contributed by atoms with Crippen molar-refractivity contribution in [1.82, 2.24) is 4.57 Å². The SMILES string of the molecule is CC1(C)c2ccccc2-c2ccc(N(c3ccc4c(c3)C(C)(C)c3ccccc3-4)c3ccc(-c4cc(-n5c6ccccc6c6ccccc65)c5c(c4)C(C)(C)c4ccccc4-5)c4ccccc34)cc21. The van der Waals surface area contributed by atoms with Gasteiger partial charge in [-0.25, -0.2) is 0 Å². The van der Waals surface area contributed by atoms with Gasteiger partial charge in [-0.2, -0.15) is 0 Å². The minimum atomic E-state index is -0.204. The number of nitrogens with zero attached hydrogens (tertiary/aromatic N) is 2. The predicted octanol–water partition coefficient (Wildman–Crippen LogP) is 18.0. The van der Waals surface area contributed by atoms with Crippen LogP contribution in [0.25, 0.3) is 82.8 Å². The van der Waals surface area contributed by atoms with Gasteiger partial charge in [-0.3, -0.25) is 0 Å². The highest BCUT2D eigenvalue weighted by atomic mass is 15.1. The number of aromatic nitrogens is 1. The molecular weight excluding hydrogens is 833 g/mol. The van der Waals surface area contributed by atoms with Crippen LogP contribution in [0.15, 0.2) is 206 Å². The molecule has 330 valence electrons. The van der Waals surface area contributed by atoms with Gasteiger partial charge >= 0.3 is 0 Å². The number of fused-ring (bicyclic) bond motifs is 13. The first-order valence-corrected chi connectivity index (χ1v) is 24.6. The number of anilines is 3. The Morgan fingerprint density at radius 3 is 1.30 bits per heavy atom. The molecule has 69 heavy (non-hydrogen) atoms. The van der Waals surface area contributed by atoms with E-state index in [1.54, 1.807) is 0 Å². The zero-order valence-electron chi connectivity index (χ0n) is 40.0. The fraction of sp³-hybridized carbons (Fsp3) is 0.134. The van der Waals surface area contributed by atoms with Crippen molar-refractivity contribution in [3.63, 3.8) is 0 Å². The second-order valence-electron chi connectivity index (χ2n) is 21.3. The second kappa shape index (κ2) is 14.1. The molecule has 0 amide bonds. The third kappa shape index (κ3) is 5.43. The van der Waals surface area contributed by atoms with E-state index in [-0.39, 0.29) is 16.2 Å². The molecule has 14 rings (SSSR count). The quantitative estimate of drug-likeness (QED) is 0.167. The molecule has 0 N–H and O–H groups in total. The summed E-state index contributed by atoms with van der Waals surface area (Å²) in [5, 5.41) is 4.97. The Bertz CT molecular complexity index is 3840. The summed E-state index contributed by atoms with van der Waals surface area (Å²) < 4.78 is 2.53. The third-order valence-electron chi connectivity index (χ3n) is 16.6. The van der Waals surface area contributed by atoms with Crippen LogP contribution in [0.3, 0.4) is 0 Å². The average Bonchev–Trinajstić information content (AvgIpc) is 4.00. The van der Waals surface area contributed by atoms with Gasteiger partial charge in [0.05, 0.1) is 22.4 Å². The summed E-state index contributed by atoms with van der Waals surface area (Å²) in [6, 6.07) is 78.1. The van der Waals surface area contributed by atoms with E-state index in [2.05, 4.69) is 257 Å². The molecule has 1 heterocycles. The zero-order chi connectivity index (χ0) is 46.6. The molecule has 3 aliphatic carbocycles. The van der Waals surface area contributed by atoms with Crippen molar-refractivity contribution in [1.29, 1.82) is 0 Å². The number of rotatable bonds is 5. The third-order valence-corrected chi connectivity index (χ3v) is 16.6. The first-order valence-electron chi connectivity index (χ1n) is 24.6. The lowest BCUT2D eigenvalue weighted by Gasteiger charge is -2.31. The van der Waals surface area contributed by atoms with Gasteiger partial charge in [0, 0.05) is 49.3 Å². The highest BCUT2D eigenvalue weighted by Gasteiger charge is 2.40. The molecule has 0 fully saturated rings. The Hall–Kier alpha value is -7.94. The molecule has 11 aromatic rings. The summed E-state index contributed by atoms with van der Waals surface area (Å²) in [5.74, 6) is 0. The fourth-order valence-corrected chi connectivity index (χ4v) is 13.1. The van der Waals surface area contributed by atoms with Crippen molar-refractivity contribution in [2.24, 2.45) is 0 Å². The molecule has 0 spiro atoms. The monoisotopic (exact) mass is 884 g/mol. The van der Waals surface area contributed by atoms with Gasteiger partial charge in [0.15, 0.2) is 0 Å². The van der Waals surface area contributed by atoms with Crippen LogP contribution in [0, 0.1) is 0 Å². The van der Waals surface area contributed by atoms with Crippen LogP contribution in [0.5, 0.6) is 0 Å². The van der Waals surface area contributed by atoms with E-state index in [0.29, 0.717) is 0 Å². The van der Waals surface area contributed by atoms with Gasteiger partial charge in [-0.1, -0.05) is 193 Å². The second-order valence-corrected chi connectivity index (χ2v) is 21.3. The Labute approximate surface area is 404 Å². The van der Waals surface area contributed by atoms with Gasteiger partial charge in [0.1, 0.15) is 0 Å². The summed E-state index contributed by atoms with van der Waals surface area (Å²) in [5.41, 5.74) is 25.3. The lowest BCUT2D eigenvalue weighted by Crippen LogP contribution is -2.18. The Kier molecular flexibility index (Phi) is 8.18. The molecule has 1 aromatic heterocycles.